The SMILES string of the molecule is C=CCCCOC(C)CC=O.CC(C)(C)OC(N)=O.CN1CCCC1C(=O)NC1(C)CC1.CO.COc1cc2cc[nH]c(=O)c2cc1F. The van der Waals surface area contributed by atoms with E-state index in [1.807, 2.05) is 20.0 Å². The number of nitrogens with two attached hydrogens (primary N) is 1. The van der Waals surface area contributed by atoms with E-state index in [9.17, 15) is 23.6 Å². The molecule has 1 aromatic carbocycles. The Morgan fingerprint density at radius 2 is 1.94 bits per heavy atom. The third-order valence-corrected chi connectivity index (χ3v) is 7.08. The van der Waals surface area contributed by atoms with Gasteiger partial charge in [-0.05, 0) is 110 Å². The summed E-state index contributed by atoms with van der Waals surface area (Å²) in [5.41, 5.74) is 4.10. The molecule has 2 amide bonds. The molecule has 0 spiro atoms. The van der Waals surface area contributed by atoms with Crippen LogP contribution in [-0.2, 0) is 19.1 Å². The van der Waals surface area contributed by atoms with Gasteiger partial charge in [-0.1, -0.05) is 6.08 Å². The number of allylic oxidation sites excluding steroid dienone is 1. The van der Waals surface area contributed by atoms with Gasteiger partial charge in [-0.3, -0.25) is 14.5 Å². The summed E-state index contributed by atoms with van der Waals surface area (Å²) in [5, 5.41) is 11.1. The van der Waals surface area contributed by atoms with Gasteiger partial charge in [-0.25, -0.2) is 9.18 Å². The van der Waals surface area contributed by atoms with Gasteiger partial charge < -0.3 is 40.1 Å². The second-order valence-corrected chi connectivity index (χ2v) is 12.6. The number of hydrogen-bond acceptors (Lipinski definition) is 9. The van der Waals surface area contributed by atoms with Gasteiger partial charge in [0.15, 0.2) is 11.6 Å². The van der Waals surface area contributed by atoms with Crippen molar-refractivity contribution in [2.45, 2.75) is 103 Å². The number of likely N-dealkylation sites (tertiary alicyclic amines) is 1. The Balaban J connectivity index is 0.000000615. The number of aliphatic hydroxyl groups excluding tert-OH is 1. The highest BCUT2D eigenvalue weighted by Crippen LogP contribution is 2.34. The maximum atomic E-state index is 13.2. The van der Waals surface area contributed by atoms with Crippen molar-refractivity contribution in [1.29, 1.82) is 0 Å². The molecule has 48 heavy (non-hydrogen) atoms. The van der Waals surface area contributed by atoms with E-state index < -0.39 is 17.5 Å². The molecule has 13 heteroatoms. The summed E-state index contributed by atoms with van der Waals surface area (Å²) in [6.45, 7) is 14.7. The number of hydrogen-bond donors (Lipinski definition) is 4. The summed E-state index contributed by atoms with van der Waals surface area (Å²) in [5.74, 6) is -0.153. The van der Waals surface area contributed by atoms with Gasteiger partial charge in [0, 0.05) is 31.9 Å². The molecule has 2 heterocycles. The van der Waals surface area contributed by atoms with Crippen molar-refractivity contribution in [3.05, 3.63) is 53.2 Å². The molecule has 12 nitrogen and oxygen atoms in total. The third kappa shape index (κ3) is 18.5. The minimum atomic E-state index is -0.725. The van der Waals surface area contributed by atoms with Crippen molar-refractivity contribution in [2.75, 3.05) is 34.4 Å². The lowest BCUT2D eigenvalue weighted by molar-refractivity contribution is -0.125. The normalized spacial score (nSPS) is 16.4. The molecule has 272 valence electrons. The molecule has 5 N–H and O–H groups in total. The average molecular weight is 681 g/mol. The number of nitrogens with one attached hydrogen (secondary N) is 2. The van der Waals surface area contributed by atoms with E-state index >= 15 is 0 Å². The quantitative estimate of drug-likeness (QED) is 0.155. The molecule has 1 saturated heterocycles. The van der Waals surface area contributed by atoms with Gasteiger partial charge in [-0.15, -0.1) is 6.58 Å². The first kappa shape index (κ1) is 44.2. The van der Waals surface area contributed by atoms with Crippen LogP contribution >= 0.6 is 0 Å². The zero-order valence-electron chi connectivity index (χ0n) is 29.9. The zero-order chi connectivity index (χ0) is 36.9. The van der Waals surface area contributed by atoms with E-state index in [2.05, 4.69) is 33.4 Å². The fraction of sp³-hybridized carbons (Fsp3) is 0.600. The number of unbranched alkanes of at least 4 members (excludes halogenated alkanes) is 1. The molecule has 0 radical (unpaired) electrons. The monoisotopic (exact) mass is 680 g/mol. The number of benzene rings is 1. The third-order valence-electron chi connectivity index (χ3n) is 7.08. The largest absolute Gasteiger partial charge is 0.494 e. The van der Waals surface area contributed by atoms with Crippen molar-refractivity contribution in [3.8, 4) is 5.75 Å². The van der Waals surface area contributed by atoms with E-state index in [1.165, 1.54) is 25.4 Å². The highest BCUT2D eigenvalue weighted by Gasteiger charge is 2.41. The molecule has 1 aromatic heterocycles. The van der Waals surface area contributed by atoms with E-state index in [0.29, 0.717) is 17.2 Å². The lowest BCUT2D eigenvalue weighted by atomic mass is 10.1. The van der Waals surface area contributed by atoms with Gasteiger partial charge in [0.25, 0.3) is 5.56 Å². The Morgan fingerprint density at radius 3 is 2.40 bits per heavy atom. The number of halogens is 1. The molecule has 0 bridgehead atoms. The van der Waals surface area contributed by atoms with Gasteiger partial charge in [0.05, 0.1) is 24.6 Å². The van der Waals surface area contributed by atoms with Crippen molar-refractivity contribution < 1.29 is 38.1 Å². The molecule has 1 saturated carbocycles. The molecular formula is C35H57FN4O8. The standard InChI is InChI=1S/C10H8FNO2.C10H18N2O.C9H16O2.C5H11NO2.CH4O/c1-14-9-4-6-2-3-12-10(13)7(6)5-8(9)11;1-10(5-6-10)11-9(13)8-4-3-7-12(8)2;1-3-4-5-8-11-9(2)6-7-10;1-5(2,3)8-4(6)7;1-2/h2-5H,1H3,(H,12,13);8H,3-7H2,1-2H3,(H,11,13);3,7,9H,1,4-6,8H2,2H3;1-3H3,(H2,6,7);2H,1H3. The highest BCUT2D eigenvalue weighted by molar-refractivity contribution is 5.83. The number of pyridine rings is 1. The minimum Gasteiger partial charge on any atom is -0.494 e. The van der Waals surface area contributed by atoms with Crippen LogP contribution in [0, 0.1) is 5.82 Å². The first-order valence-corrected chi connectivity index (χ1v) is 16.0. The van der Waals surface area contributed by atoms with Crippen LogP contribution in [0.15, 0.2) is 41.8 Å². The van der Waals surface area contributed by atoms with Crippen LogP contribution in [0.4, 0.5) is 9.18 Å². The predicted molar refractivity (Wildman–Crippen MR) is 187 cm³/mol. The average Bonchev–Trinajstić information content (AvgIpc) is 3.57. The van der Waals surface area contributed by atoms with Crippen LogP contribution in [0.2, 0.25) is 0 Å². The molecule has 2 atom stereocenters. The number of carbonyl (C=O) groups excluding carboxylic acids is 3. The number of carbonyl (C=O) groups is 3. The van der Waals surface area contributed by atoms with E-state index in [-0.39, 0.29) is 34.9 Å². The number of rotatable bonds is 10. The minimum absolute atomic E-state index is 0.0670. The Morgan fingerprint density at radius 1 is 1.29 bits per heavy atom. The van der Waals surface area contributed by atoms with E-state index in [1.54, 1.807) is 26.8 Å². The number of fused-ring (bicyclic) bond motifs is 1. The van der Waals surface area contributed by atoms with Crippen LogP contribution in [-0.4, -0.2) is 91.0 Å². The molecular weight excluding hydrogens is 623 g/mol. The number of primary amides is 1. The fourth-order valence-electron chi connectivity index (χ4n) is 4.30. The number of amides is 2. The van der Waals surface area contributed by atoms with E-state index in [0.717, 1.165) is 65.1 Å². The number of aliphatic hydroxyl groups is 1. The molecule has 2 fully saturated rings. The molecule has 2 aromatic rings. The number of aromatic amines is 1. The number of likely N-dealkylation sites (N-methyl/N-ethyl adjacent to an activating group) is 1. The van der Waals surface area contributed by atoms with Crippen LogP contribution < -0.4 is 21.3 Å². The number of H-pyrrole nitrogens is 1. The fourth-order valence-corrected chi connectivity index (χ4v) is 4.30. The Kier molecular flexibility index (Phi) is 20.9. The van der Waals surface area contributed by atoms with Crippen LogP contribution in [0.5, 0.6) is 5.75 Å². The summed E-state index contributed by atoms with van der Waals surface area (Å²) in [6, 6.07) is 4.50. The predicted octanol–water partition coefficient (Wildman–Crippen LogP) is 4.86. The molecule has 1 aliphatic carbocycles. The van der Waals surface area contributed by atoms with Crippen molar-refractivity contribution in [3.63, 3.8) is 0 Å². The Labute approximate surface area is 284 Å². The summed E-state index contributed by atoms with van der Waals surface area (Å²) < 4.78 is 27.9. The number of methoxy groups -OCH3 is 1. The summed E-state index contributed by atoms with van der Waals surface area (Å²) in [7, 11) is 4.42. The molecule has 4 rings (SSSR count). The second-order valence-electron chi connectivity index (χ2n) is 12.6. The van der Waals surface area contributed by atoms with Crippen molar-refractivity contribution >= 4 is 29.1 Å². The van der Waals surface area contributed by atoms with Gasteiger partial charge in [0.1, 0.15) is 11.9 Å². The van der Waals surface area contributed by atoms with Gasteiger partial charge in [-0.2, -0.15) is 0 Å². The topological polar surface area (TPSA) is 173 Å². The first-order valence-electron chi connectivity index (χ1n) is 16.0. The lowest BCUT2D eigenvalue weighted by Crippen LogP contribution is -2.45. The maximum Gasteiger partial charge on any atom is 0.405 e. The molecule has 2 aliphatic rings. The van der Waals surface area contributed by atoms with Crippen LogP contribution in [0.25, 0.3) is 10.8 Å². The van der Waals surface area contributed by atoms with Crippen LogP contribution in [0.1, 0.15) is 79.6 Å². The highest BCUT2D eigenvalue weighted by atomic mass is 19.1. The summed E-state index contributed by atoms with van der Waals surface area (Å²) in [4.78, 5) is 47.7. The molecule has 2 unspecified atom stereocenters. The second kappa shape index (κ2) is 22.7. The number of ether oxygens (including phenoxy) is 3. The van der Waals surface area contributed by atoms with E-state index in [4.69, 9.17) is 20.3 Å². The smallest absolute Gasteiger partial charge is 0.405 e. The van der Waals surface area contributed by atoms with Crippen LogP contribution in [0.3, 0.4) is 0 Å². The van der Waals surface area contributed by atoms with Gasteiger partial charge in [0.2, 0.25) is 5.91 Å². The summed E-state index contributed by atoms with van der Waals surface area (Å²) >= 11 is 0. The number of aldehydes is 1. The Hall–Kier alpha value is -3.81. The first-order chi connectivity index (χ1) is 22.6. The number of aromatic nitrogens is 1. The summed E-state index contributed by atoms with van der Waals surface area (Å²) in [6.07, 6.45) is 10.6. The zero-order valence-corrected chi connectivity index (χ0v) is 29.9. The van der Waals surface area contributed by atoms with Gasteiger partial charge >= 0.3 is 6.09 Å². The number of nitrogens with zero attached hydrogens (tertiary/aromatic N) is 1. The lowest BCUT2D eigenvalue weighted by Gasteiger charge is -2.21. The Bertz CT molecular complexity index is 1320. The van der Waals surface area contributed by atoms with Crippen molar-refractivity contribution in [2.24, 2.45) is 5.73 Å². The molecule has 1 aliphatic heterocycles. The van der Waals surface area contributed by atoms with Crippen molar-refractivity contribution in [1.82, 2.24) is 15.2 Å². The maximum absolute atomic E-state index is 13.2.